The summed E-state index contributed by atoms with van der Waals surface area (Å²) in [6, 6.07) is 0.0735. The molecule has 1 aliphatic heterocycles. The van der Waals surface area contributed by atoms with Crippen LogP contribution >= 0.6 is 0 Å². The van der Waals surface area contributed by atoms with E-state index in [-0.39, 0.29) is 6.03 Å². The largest absolute Gasteiger partial charge is 0.320 e. The van der Waals surface area contributed by atoms with Crippen LogP contribution in [0.4, 0.5) is 4.79 Å². The van der Waals surface area contributed by atoms with E-state index in [1.54, 1.807) is 0 Å². The topological polar surface area (TPSA) is 32.3 Å². The van der Waals surface area contributed by atoms with Crippen molar-refractivity contribution in [2.24, 2.45) is 0 Å². The molecule has 1 fully saturated rings. The Kier molecular flexibility index (Phi) is 1.60. The van der Waals surface area contributed by atoms with E-state index in [1.165, 1.54) is 0 Å². The van der Waals surface area contributed by atoms with Gasteiger partial charge in [-0.3, -0.25) is 0 Å². The SMILES string of the molecule is CCC1NC(=O)N1CC. The highest BCUT2D eigenvalue weighted by Gasteiger charge is 2.31. The zero-order chi connectivity index (χ0) is 6.85. The van der Waals surface area contributed by atoms with Crippen molar-refractivity contribution in [2.45, 2.75) is 26.4 Å². The van der Waals surface area contributed by atoms with E-state index in [9.17, 15) is 4.79 Å². The molecule has 1 aliphatic rings. The number of carbonyl (C=O) groups is 1. The van der Waals surface area contributed by atoms with E-state index < -0.39 is 0 Å². The lowest BCUT2D eigenvalue weighted by molar-refractivity contribution is 0.108. The van der Waals surface area contributed by atoms with Crippen molar-refractivity contribution in [3.05, 3.63) is 0 Å². The van der Waals surface area contributed by atoms with E-state index in [1.807, 2.05) is 11.8 Å². The minimum atomic E-state index is 0.0735. The third kappa shape index (κ3) is 0.866. The van der Waals surface area contributed by atoms with Crippen molar-refractivity contribution in [3.8, 4) is 0 Å². The Labute approximate surface area is 55.0 Å². The van der Waals surface area contributed by atoms with Crippen molar-refractivity contribution < 1.29 is 4.79 Å². The molecule has 1 unspecified atom stereocenters. The smallest absolute Gasteiger partial charge is 0.317 e. The molecule has 2 amide bonds. The zero-order valence-corrected chi connectivity index (χ0v) is 5.85. The van der Waals surface area contributed by atoms with Gasteiger partial charge in [-0.1, -0.05) is 6.92 Å². The zero-order valence-electron chi connectivity index (χ0n) is 5.85. The molecule has 0 spiro atoms. The summed E-state index contributed by atoms with van der Waals surface area (Å²) in [5, 5.41) is 2.78. The van der Waals surface area contributed by atoms with E-state index >= 15 is 0 Å². The molecule has 0 bridgehead atoms. The first-order valence-electron chi connectivity index (χ1n) is 3.36. The van der Waals surface area contributed by atoms with Gasteiger partial charge in [-0.25, -0.2) is 4.79 Å². The van der Waals surface area contributed by atoms with E-state index in [0.717, 1.165) is 13.0 Å². The molecule has 0 aromatic rings. The predicted molar refractivity (Wildman–Crippen MR) is 35.0 cm³/mol. The maximum Gasteiger partial charge on any atom is 0.320 e. The van der Waals surface area contributed by atoms with Crippen LogP contribution < -0.4 is 5.32 Å². The van der Waals surface area contributed by atoms with Crippen molar-refractivity contribution in [2.75, 3.05) is 6.54 Å². The van der Waals surface area contributed by atoms with Crippen molar-refractivity contribution in [1.82, 2.24) is 10.2 Å². The lowest BCUT2D eigenvalue weighted by Gasteiger charge is -2.40. The number of hydrogen-bond donors (Lipinski definition) is 1. The highest BCUT2D eigenvalue weighted by Crippen LogP contribution is 2.09. The fraction of sp³-hybridized carbons (Fsp3) is 0.833. The molecule has 0 radical (unpaired) electrons. The Balaban J connectivity index is 2.38. The van der Waals surface area contributed by atoms with Crippen LogP contribution in [0, 0.1) is 0 Å². The summed E-state index contributed by atoms with van der Waals surface area (Å²) in [6.07, 6.45) is 1.31. The Bertz CT molecular complexity index is 124. The van der Waals surface area contributed by atoms with Crippen LogP contribution in [0.1, 0.15) is 20.3 Å². The maximum atomic E-state index is 10.6. The van der Waals surface area contributed by atoms with Crippen LogP contribution in [-0.2, 0) is 0 Å². The molecule has 1 saturated heterocycles. The summed E-state index contributed by atoms with van der Waals surface area (Å²) >= 11 is 0. The van der Waals surface area contributed by atoms with Crippen molar-refractivity contribution in [3.63, 3.8) is 0 Å². The maximum absolute atomic E-state index is 10.6. The van der Waals surface area contributed by atoms with Gasteiger partial charge in [0.15, 0.2) is 0 Å². The number of nitrogens with zero attached hydrogens (tertiary/aromatic N) is 1. The van der Waals surface area contributed by atoms with Crippen molar-refractivity contribution in [1.29, 1.82) is 0 Å². The summed E-state index contributed by atoms with van der Waals surface area (Å²) < 4.78 is 0. The summed E-state index contributed by atoms with van der Waals surface area (Å²) in [7, 11) is 0. The molecule has 9 heavy (non-hydrogen) atoms. The molecule has 1 rings (SSSR count). The molecule has 0 aliphatic carbocycles. The number of amides is 2. The second-order valence-corrected chi connectivity index (χ2v) is 2.16. The molecular formula is C6H12N2O. The highest BCUT2D eigenvalue weighted by atomic mass is 16.2. The Morgan fingerprint density at radius 2 is 2.33 bits per heavy atom. The number of hydrogen-bond acceptors (Lipinski definition) is 1. The molecule has 1 heterocycles. The number of rotatable bonds is 2. The van der Waals surface area contributed by atoms with Gasteiger partial charge in [0.05, 0.1) is 0 Å². The first-order chi connectivity index (χ1) is 4.29. The first-order valence-corrected chi connectivity index (χ1v) is 3.36. The number of urea groups is 1. The van der Waals surface area contributed by atoms with Crippen LogP contribution in [0.3, 0.4) is 0 Å². The normalized spacial score (nSPS) is 25.3. The predicted octanol–water partition coefficient (Wildman–Crippen LogP) is 0.768. The Morgan fingerprint density at radius 3 is 2.56 bits per heavy atom. The third-order valence-electron chi connectivity index (χ3n) is 1.65. The second-order valence-electron chi connectivity index (χ2n) is 2.16. The van der Waals surface area contributed by atoms with Gasteiger partial charge in [-0.05, 0) is 13.3 Å². The fourth-order valence-electron chi connectivity index (χ4n) is 1.07. The van der Waals surface area contributed by atoms with Crippen LogP contribution in [0.5, 0.6) is 0 Å². The summed E-state index contributed by atoms with van der Waals surface area (Å²) in [5.41, 5.74) is 0. The molecule has 1 N–H and O–H groups in total. The highest BCUT2D eigenvalue weighted by molar-refractivity contribution is 5.80. The van der Waals surface area contributed by atoms with Gasteiger partial charge in [0.1, 0.15) is 6.17 Å². The minimum absolute atomic E-state index is 0.0735. The van der Waals surface area contributed by atoms with E-state index in [0.29, 0.717) is 6.17 Å². The van der Waals surface area contributed by atoms with E-state index in [2.05, 4.69) is 12.2 Å². The summed E-state index contributed by atoms with van der Waals surface area (Å²) in [6.45, 7) is 4.87. The molecule has 0 aromatic heterocycles. The minimum Gasteiger partial charge on any atom is -0.317 e. The standard InChI is InChI=1S/C6H12N2O/c1-3-5-7-6(9)8(5)4-2/h5H,3-4H2,1-2H3,(H,7,9). The summed E-state index contributed by atoms with van der Waals surface area (Å²) in [4.78, 5) is 12.5. The second kappa shape index (κ2) is 2.25. The van der Waals surface area contributed by atoms with Gasteiger partial charge >= 0.3 is 6.03 Å². The quantitative estimate of drug-likeness (QED) is 0.585. The van der Waals surface area contributed by atoms with Gasteiger partial charge in [0, 0.05) is 6.54 Å². The third-order valence-corrected chi connectivity index (χ3v) is 1.65. The van der Waals surface area contributed by atoms with E-state index in [4.69, 9.17) is 0 Å². The molecular weight excluding hydrogens is 116 g/mol. The van der Waals surface area contributed by atoms with Gasteiger partial charge in [-0.2, -0.15) is 0 Å². The number of nitrogens with one attached hydrogen (secondary N) is 1. The lowest BCUT2D eigenvalue weighted by atomic mass is 10.2. The molecule has 3 nitrogen and oxygen atoms in total. The van der Waals surface area contributed by atoms with Gasteiger partial charge in [-0.15, -0.1) is 0 Å². The molecule has 0 aromatic carbocycles. The fourth-order valence-corrected chi connectivity index (χ4v) is 1.07. The van der Waals surface area contributed by atoms with Crippen molar-refractivity contribution >= 4 is 6.03 Å². The van der Waals surface area contributed by atoms with Crippen LogP contribution in [0.25, 0.3) is 0 Å². The van der Waals surface area contributed by atoms with Crippen LogP contribution in [-0.4, -0.2) is 23.6 Å². The van der Waals surface area contributed by atoms with Gasteiger partial charge in [0.2, 0.25) is 0 Å². The molecule has 1 atom stereocenters. The first kappa shape index (κ1) is 6.39. The molecule has 3 heteroatoms. The Hall–Kier alpha value is -0.730. The van der Waals surface area contributed by atoms with Crippen LogP contribution in [0.15, 0.2) is 0 Å². The average Bonchev–Trinajstić information content (AvgIpc) is 1.83. The lowest BCUT2D eigenvalue weighted by Crippen LogP contribution is -2.64. The molecule has 52 valence electrons. The number of carbonyl (C=O) groups excluding carboxylic acids is 1. The summed E-state index contributed by atoms with van der Waals surface area (Å²) in [5.74, 6) is 0. The van der Waals surface area contributed by atoms with Gasteiger partial charge < -0.3 is 10.2 Å². The monoisotopic (exact) mass is 128 g/mol. The van der Waals surface area contributed by atoms with Gasteiger partial charge in [0.25, 0.3) is 0 Å². The molecule has 0 saturated carbocycles. The Morgan fingerprint density at radius 1 is 1.67 bits per heavy atom. The average molecular weight is 128 g/mol. The van der Waals surface area contributed by atoms with Crippen LogP contribution in [0.2, 0.25) is 0 Å².